The zero-order valence-corrected chi connectivity index (χ0v) is 16.4. The second kappa shape index (κ2) is 10.8. The average Bonchev–Trinajstić information content (AvgIpc) is 2.72. The highest BCUT2D eigenvalue weighted by Gasteiger charge is 2.18. The quantitative estimate of drug-likeness (QED) is 0.677. The smallest absolute Gasteiger partial charge is 0.244 e. The standard InChI is InChI=1S/C22H26N2O4/c1-17(22(26)24(2)15-16-28-20-7-5-4-6-8-20)23-21(25)14-11-18-9-12-19(27-3)13-10-18/h4-14,17H,15-16H2,1-3H3,(H,23,25)/b14-11+. The van der Waals surface area contributed by atoms with E-state index < -0.39 is 6.04 Å². The molecule has 2 aromatic carbocycles. The molecule has 28 heavy (non-hydrogen) atoms. The van der Waals surface area contributed by atoms with Crippen LogP contribution in [-0.2, 0) is 9.59 Å². The Morgan fingerprint density at radius 1 is 1.07 bits per heavy atom. The van der Waals surface area contributed by atoms with Gasteiger partial charge < -0.3 is 19.7 Å². The molecule has 1 N–H and O–H groups in total. The molecule has 0 aliphatic heterocycles. The van der Waals surface area contributed by atoms with Gasteiger partial charge in [-0.2, -0.15) is 0 Å². The molecule has 0 spiro atoms. The molecule has 6 nitrogen and oxygen atoms in total. The van der Waals surface area contributed by atoms with Crippen LogP contribution in [0, 0.1) is 0 Å². The molecule has 148 valence electrons. The van der Waals surface area contributed by atoms with E-state index in [1.54, 1.807) is 32.1 Å². The van der Waals surface area contributed by atoms with Gasteiger partial charge in [0.25, 0.3) is 0 Å². The second-order valence-electron chi connectivity index (χ2n) is 6.26. The Morgan fingerprint density at radius 2 is 1.75 bits per heavy atom. The molecule has 0 aromatic heterocycles. The third-order valence-electron chi connectivity index (χ3n) is 4.09. The Labute approximate surface area is 165 Å². The summed E-state index contributed by atoms with van der Waals surface area (Å²) in [5.74, 6) is 1.00. The largest absolute Gasteiger partial charge is 0.497 e. The van der Waals surface area contributed by atoms with E-state index in [4.69, 9.17) is 9.47 Å². The maximum absolute atomic E-state index is 12.4. The Hall–Kier alpha value is -3.28. The van der Waals surface area contributed by atoms with Crippen LogP contribution in [0.25, 0.3) is 6.08 Å². The van der Waals surface area contributed by atoms with Crippen molar-refractivity contribution in [3.8, 4) is 11.5 Å². The fourth-order valence-corrected chi connectivity index (χ4v) is 2.47. The van der Waals surface area contributed by atoms with Crippen LogP contribution >= 0.6 is 0 Å². The van der Waals surface area contributed by atoms with Gasteiger partial charge in [-0.3, -0.25) is 9.59 Å². The van der Waals surface area contributed by atoms with Crippen molar-refractivity contribution in [2.45, 2.75) is 13.0 Å². The molecule has 2 amide bonds. The number of hydrogen-bond acceptors (Lipinski definition) is 4. The highest BCUT2D eigenvalue weighted by molar-refractivity contribution is 5.95. The van der Waals surface area contributed by atoms with E-state index in [0.717, 1.165) is 17.1 Å². The van der Waals surface area contributed by atoms with Crippen molar-refractivity contribution in [1.82, 2.24) is 10.2 Å². The zero-order valence-electron chi connectivity index (χ0n) is 16.4. The summed E-state index contributed by atoms with van der Waals surface area (Å²) in [5.41, 5.74) is 0.866. The van der Waals surface area contributed by atoms with Gasteiger partial charge in [0.1, 0.15) is 24.1 Å². The lowest BCUT2D eigenvalue weighted by atomic mass is 10.2. The van der Waals surface area contributed by atoms with Gasteiger partial charge in [-0.1, -0.05) is 30.3 Å². The Morgan fingerprint density at radius 3 is 2.39 bits per heavy atom. The summed E-state index contributed by atoms with van der Waals surface area (Å²) in [4.78, 5) is 26.0. The molecular formula is C22H26N2O4. The number of amides is 2. The SMILES string of the molecule is COc1ccc(/C=C/C(=O)NC(C)C(=O)N(C)CCOc2ccccc2)cc1. The molecule has 1 atom stereocenters. The van der Waals surface area contributed by atoms with Gasteiger partial charge in [0.2, 0.25) is 11.8 Å². The summed E-state index contributed by atoms with van der Waals surface area (Å²) in [7, 11) is 3.29. The molecule has 0 bridgehead atoms. The third kappa shape index (κ3) is 6.79. The molecule has 0 aliphatic rings. The lowest BCUT2D eigenvalue weighted by Crippen LogP contribution is -2.46. The number of hydrogen-bond donors (Lipinski definition) is 1. The number of methoxy groups -OCH3 is 1. The predicted octanol–water partition coefficient (Wildman–Crippen LogP) is 2.75. The summed E-state index contributed by atoms with van der Waals surface area (Å²) < 4.78 is 10.7. The molecule has 2 rings (SSSR count). The van der Waals surface area contributed by atoms with Crippen LogP contribution in [0.1, 0.15) is 12.5 Å². The number of nitrogens with zero attached hydrogens (tertiary/aromatic N) is 1. The van der Waals surface area contributed by atoms with Gasteiger partial charge in [-0.25, -0.2) is 0 Å². The molecule has 0 heterocycles. The minimum absolute atomic E-state index is 0.178. The highest BCUT2D eigenvalue weighted by atomic mass is 16.5. The normalized spacial score (nSPS) is 11.7. The number of benzene rings is 2. The lowest BCUT2D eigenvalue weighted by Gasteiger charge is -2.21. The molecule has 0 saturated carbocycles. The molecule has 6 heteroatoms. The Kier molecular flexibility index (Phi) is 8.09. The summed E-state index contributed by atoms with van der Waals surface area (Å²) in [6.45, 7) is 2.47. The van der Waals surface area contributed by atoms with Crippen LogP contribution in [0.4, 0.5) is 0 Å². The maximum atomic E-state index is 12.4. The molecule has 0 saturated heterocycles. The van der Waals surface area contributed by atoms with E-state index in [1.165, 1.54) is 6.08 Å². The number of carbonyl (C=O) groups is 2. The number of ether oxygens (including phenoxy) is 2. The number of para-hydroxylation sites is 1. The van der Waals surface area contributed by atoms with Crippen LogP contribution in [-0.4, -0.2) is 50.1 Å². The van der Waals surface area contributed by atoms with Crippen molar-refractivity contribution in [2.75, 3.05) is 27.3 Å². The van der Waals surface area contributed by atoms with Crippen molar-refractivity contribution in [3.05, 3.63) is 66.2 Å². The minimum atomic E-state index is -0.630. The van der Waals surface area contributed by atoms with Gasteiger partial charge in [-0.15, -0.1) is 0 Å². The Bertz CT molecular complexity index is 788. The summed E-state index contributed by atoms with van der Waals surface area (Å²) in [6, 6.07) is 16.1. The van der Waals surface area contributed by atoms with E-state index in [-0.39, 0.29) is 11.8 Å². The number of carbonyl (C=O) groups excluding carboxylic acids is 2. The van der Waals surface area contributed by atoms with Crippen molar-refractivity contribution in [2.24, 2.45) is 0 Å². The molecule has 1 unspecified atom stereocenters. The van der Waals surface area contributed by atoms with E-state index in [2.05, 4.69) is 5.32 Å². The van der Waals surface area contributed by atoms with Crippen LogP contribution in [0.5, 0.6) is 11.5 Å². The number of likely N-dealkylation sites (N-methyl/N-ethyl adjacent to an activating group) is 1. The third-order valence-corrected chi connectivity index (χ3v) is 4.09. The number of nitrogens with one attached hydrogen (secondary N) is 1. The first-order chi connectivity index (χ1) is 13.5. The minimum Gasteiger partial charge on any atom is -0.497 e. The van der Waals surface area contributed by atoms with Crippen molar-refractivity contribution >= 4 is 17.9 Å². The number of rotatable bonds is 9. The summed E-state index contributed by atoms with van der Waals surface area (Å²) in [5, 5.41) is 2.68. The lowest BCUT2D eigenvalue weighted by molar-refractivity contribution is -0.134. The fraction of sp³-hybridized carbons (Fsp3) is 0.273. The fourth-order valence-electron chi connectivity index (χ4n) is 2.47. The van der Waals surface area contributed by atoms with E-state index in [1.807, 2.05) is 54.6 Å². The second-order valence-corrected chi connectivity index (χ2v) is 6.26. The van der Waals surface area contributed by atoms with Crippen molar-refractivity contribution < 1.29 is 19.1 Å². The van der Waals surface area contributed by atoms with Crippen LogP contribution in [0.15, 0.2) is 60.7 Å². The van der Waals surface area contributed by atoms with Gasteiger partial charge >= 0.3 is 0 Å². The first-order valence-corrected chi connectivity index (χ1v) is 9.05. The van der Waals surface area contributed by atoms with Crippen LogP contribution < -0.4 is 14.8 Å². The monoisotopic (exact) mass is 382 g/mol. The topological polar surface area (TPSA) is 67.9 Å². The zero-order chi connectivity index (χ0) is 20.4. The van der Waals surface area contributed by atoms with E-state index >= 15 is 0 Å². The van der Waals surface area contributed by atoms with Gasteiger partial charge in [0, 0.05) is 13.1 Å². The molecule has 0 fully saturated rings. The van der Waals surface area contributed by atoms with Crippen molar-refractivity contribution in [1.29, 1.82) is 0 Å². The van der Waals surface area contributed by atoms with Gasteiger partial charge in [0.05, 0.1) is 13.7 Å². The van der Waals surface area contributed by atoms with Crippen molar-refractivity contribution in [3.63, 3.8) is 0 Å². The van der Waals surface area contributed by atoms with Crippen LogP contribution in [0.3, 0.4) is 0 Å². The molecular weight excluding hydrogens is 356 g/mol. The maximum Gasteiger partial charge on any atom is 0.244 e. The van der Waals surface area contributed by atoms with E-state index in [0.29, 0.717) is 13.2 Å². The molecule has 0 radical (unpaired) electrons. The van der Waals surface area contributed by atoms with Crippen LogP contribution in [0.2, 0.25) is 0 Å². The highest BCUT2D eigenvalue weighted by Crippen LogP contribution is 2.12. The summed E-state index contributed by atoms with van der Waals surface area (Å²) >= 11 is 0. The summed E-state index contributed by atoms with van der Waals surface area (Å²) in [6.07, 6.45) is 3.09. The Balaban J connectivity index is 1.76. The van der Waals surface area contributed by atoms with E-state index in [9.17, 15) is 9.59 Å². The first-order valence-electron chi connectivity index (χ1n) is 9.05. The molecule has 0 aliphatic carbocycles. The predicted molar refractivity (Wildman–Crippen MR) is 109 cm³/mol. The van der Waals surface area contributed by atoms with Gasteiger partial charge in [-0.05, 0) is 42.8 Å². The first kappa shape index (κ1) is 21.0. The average molecular weight is 382 g/mol. The van der Waals surface area contributed by atoms with Gasteiger partial charge in [0.15, 0.2) is 0 Å². The molecule has 2 aromatic rings.